The SMILES string of the molecule is C[C@]12CC[C@@H](O)C[C@@H]1CC[C@@H]1[C@@H]2C(=O)C[C@]2(C)[C@H]1CC[C@]2(O)C(=O)CBr. The van der Waals surface area contributed by atoms with Crippen molar-refractivity contribution in [2.24, 2.45) is 34.5 Å². The van der Waals surface area contributed by atoms with Crippen LogP contribution in [0.3, 0.4) is 0 Å². The minimum Gasteiger partial charge on any atom is -0.393 e. The summed E-state index contributed by atoms with van der Waals surface area (Å²) in [6.07, 6.45) is 5.98. The van der Waals surface area contributed by atoms with Gasteiger partial charge in [0, 0.05) is 17.8 Å². The molecule has 4 saturated carbocycles. The Bertz CT molecular complexity index is 636. The van der Waals surface area contributed by atoms with Gasteiger partial charge in [-0.25, -0.2) is 0 Å². The second-order valence-corrected chi connectivity index (χ2v) is 10.5. The summed E-state index contributed by atoms with van der Waals surface area (Å²) in [6.45, 7) is 4.25. The van der Waals surface area contributed by atoms with Gasteiger partial charge in [-0.15, -0.1) is 0 Å². The van der Waals surface area contributed by atoms with Gasteiger partial charge >= 0.3 is 0 Å². The summed E-state index contributed by atoms with van der Waals surface area (Å²) < 4.78 is 0. The molecule has 0 unspecified atom stereocenters. The van der Waals surface area contributed by atoms with Gasteiger partial charge in [0.05, 0.1) is 11.4 Å². The Morgan fingerprint density at radius 3 is 2.62 bits per heavy atom. The number of aliphatic hydroxyl groups excluding tert-OH is 1. The predicted octanol–water partition coefficient (Wildman–Crippen LogP) is 3.26. The van der Waals surface area contributed by atoms with Crippen molar-refractivity contribution in [2.75, 3.05) is 5.33 Å². The van der Waals surface area contributed by atoms with Crippen molar-refractivity contribution in [1.29, 1.82) is 0 Å². The molecule has 4 fully saturated rings. The van der Waals surface area contributed by atoms with Gasteiger partial charge in [0.25, 0.3) is 0 Å². The molecule has 4 rings (SSSR count). The van der Waals surface area contributed by atoms with Crippen LogP contribution in [0.5, 0.6) is 0 Å². The lowest BCUT2D eigenvalue weighted by Gasteiger charge is -2.60. The third-order valence-corrected chi connectivity index (χ3v) is 9.57. The molecule has 0 aromatic heterocycles. The van der Waals surface area contributed by atoms with Crippen LogP contribution in [0.4, 0.5) is 0 Å². The van der Waals surface area contributed by atoms with Crippen LogP contribution in [-0.4, -0.2) is 38.8 Å². The first-order valence-electron chi connectivity index (χ1n) is 10.2. The zero-order chi connectivity index (χ0) is 18.9. The molecule has 0 aromatic rings. The minimum atomic E-state index is -1.37. The lowest BCUT2D eigenvalue weighted by molar-refractivity contribution is -0.177. The van der Waals surface area contributed by atoms with Crippen LogP contribution < -0.4 is 0 Å². The van der Waals surface area contributed by atoms with Crippen molar-refractivity contribution in [1.82, 2.24) is 0 Å². The summed E-state index contributed by atoms with van der Waals surface area (Å²) in [7, 11) is 0. The molecule has 4 aliphatic rings. The Morgan fingerprint density at radius 2 is 1.92 bits per heavy atom. The molecule has 4 aliphatic carbocycles. The van der Waals surface area contributed by atoms with Crippen LogP contribution in [-0.2, 0) is 9.59 Å². The number of hydrogen-bond donors (Lipinski definition) is 2. The van der Waals surface area contributed by atoms with Crippen LogP contribution in [0.1, 0.15) is 65.2 Å². The van der Waals surface area contributed by atoms with E-state index in [1.807, 2.05) is 6.92 Å². The summed E-state index contributed by atoms with van der Waals surface area (Å²) in [5.41, 5.74) is -2.03. The Balaban J connectivity index is 1.70. The smallest absolute Gasteiger partial charge is 0.175 e. The predicted molar refractivity (Wildman–Crippen MR) is 102 cm³/mol. The van der Waals surface area contributed by atoms with Gasteiger partial charge in [-0.2, -0.15) is 0 Å². The first-order chi connectivity index (χ1) is 12.2. The molecule has 0 heterocycles. The van der Waals surface area contributed by atoms with Crippen molar-refractivity contribution in [2.45, 2.75) is 76.9 Å². The normalized spacial score (nSPS) is 53.6. The van der Waals surface area contributed by atoms with Gasteiger partial charge in [-0.05, 0) is 68.1 Å². The van der Waals surface area contributed by atoms with E-state index in [0.717, 1.165) is 38.5 Å². The second kappa shape index (κ2) is 6.12. The number of aliphatic hydroxyl groups is 2. The maximum atomic E-state index is 13.4. The van der Waals surface area contributed by atoms with Gasteiger partial charge in [-0.1, -0.05) is 29.8 Å². The molecule has 0 aliphatic heterocycles. The molecule has 5 heteroatoms. The fourth-order valence-corrected chi connectivity index (χ4v) is 8.09. The second-order valence-electron chi connectivity index (χ2n) is 9.97. The molecular formula is C21H31BrO4. The number of alkyl halides is 1. The van der Waals surface area contributed by atoms with Gasteiger partial charge in [0.2, 0.25) is 0 Å². The van der Waals surface area contributed by atoms with E-state index in [2.05, 4.69) is 22.9 Å². The lowest BCUT2D eigenvalue weighted by Crippen LogP contribution is -2.62. The van der Waals surface area contributed by atoms with Gasteiger partial charge in [0.1, 0.15) is 11.4 Å². The summed E-state index contributed by atoms with van der Waals surface area (Å²) in [5.74, 6) is 1.05. The molecule has 0 aromatic carbocycles. The molecule has 0 spiro atoms. The van der Waals surface area contributed by atoms with E-state index in [1.54, 1.807) is 0 Å². The van der Waals surface area contributed by atoms with E-state index in [1.165, 1.54) is 0 Å². The van der Waals surface area contributed by atoms with Crippen molar-refractivity contribution >= 4 is 27.5 Å². The maximum Gasteiger partial charge on any atom is 0.175 e. The highest BCUT2D eigenvalue weighted by atomic mass is 79.9. The molecule has 0 radical (unpaired) electrons. The van der Waals surface area contributed by atoms with Crippen LogP contribution in [0.15, 0.2) is 0 Å². The van der Waals surface area contributed by atoms with E-state index >= 15 is 0 Å². The first kappa shape index (κ1) is 19.1. The topological polar surface area (TPSA) is 74.6 Å². The zero-order valence-corrected chi connectivity index (χ0v) is 17.4. The van der Waals surface area contributed by atoms with Crippen LogP contribution >= 0.6 is 15.9 Å². The molecular weight excluding hydrogens is 396 g/mol. The average Bonchev–Trinajstić information content (AvgIpc) is 2.86. The summed E-state index contributed by atoms with van der Waals surface area (Å²) in [4.78, 5) is 26.0. The van der Waals surface area contributed by atoms with Crippen molar-refractivity contribution in [3.8, 4) is 0 Å². The molecule has 0 amide bonds. The fraction of sp³-hybridized carbons (Fsp3) is 0.905. The Hall–Kier alpha value is -0.260. The van der Waals surface area contributed by atoms with Crippen LogP contribution in [0, 0.1) is 34.5 Å². The van der Waals surface area contributed by atoms with E-state index in [4.69, 9.17) is 0 Å². The van der Waals surface area contributed by atoms with E-state index in [0.29, 0.717) is 18.8 Å². The average molecular weight is 427 g/mol. The minimum absolute atomic E-state index is 0.0271. The highest BCUT2D eigenvalue weighted by molar-refractivity contribution is 9.09. The molecule has 146 valence electrons. The van der Waals surface area contributed by atoms with Crippen molar-refractivity contribution in [3.05, 3.63) is 0 Å². The molecule has 8 atom stereocenters. The number of halogens is 1. The standard InChI is InChI=1S/C21H31BrO4/c1-19-7-5-13(23)9-12(19)3-4-14-15-6-8-21(26,17(25)11-22)20(15,2)10-16(24)18(14)19/h12-15,18,23,26H,3-11H2,1-2H3/t12-,13+,14-,15-,18+,19-,20+,21-/m0/s1. The van der Waals surface area contributed by atoms with E-state index < -0.39 is 11.0 Å². The highest BCUT2D eigenvalue weighted by Gasteiger charge is 2.68. The molecule has 4 nitrogen and oxygen atoms in total. The van der Waals surface area contributed by atoms with E-state index in [-0.39, 0.29) is 46.2 Å². The van der Waals surface area contributed by atoms with Gasteiger partial charge in [-0.3, -0.25) is 9.59 Å². The summed E-state index contributed by atoms with van der Waals surface area (Å²) >= 11 is 3.23. The fourth-order valence-electron chi connectivity index (χ4n) is 7.62. The quantitative estimate of drug-likeness (QED) is 0.664. The molecule has 26 heavy (non-hydrogen) atoms. The first-order valence-corrected chi connectivity index (χ1v) is 11.3. The highest BCUT2D eigenvalue weighted by Crippen LogP contribution is 2.67. The van der Waals surface area contributed by atoms with Crippen molar-refractivity contribution < 1.29 is 19.8 Å². The Kier molecular flexibility index (Phi) is 4.49. The molecule has 2 N–H and O–H groups in total. The summed E-state index contributed by atoms with van der Waals surface area (Å²) in [5, 5.41) is 21.5. The zero-order valence-electron chi connectivity index (χ0n) is 15.8. The number of ketones is 2. The molecule has 0 bridgehead atoms. The summed E-state index contributed by atoms with van der Waals surface area (Å²) in [6, 6.07) is 0. The van der Waals surface area contributed by atoms with Gasteiger partial charge in [0.15, 0.2) is 5.78 Å². The number of fused-ring (bicyclic) bond motifs is 5. The van der Waals surface area contributed by atoms with Crippen molar-refractivity contribution in [3.63, 3.8) is 0 Å². The monoisotopic (exact) mass is 426 g/mol. The number of rotatable bonds is 2. The number of carbonyl (C=O) groups excluding carboxylic acids is 2. The third kappa shape index (κ3) is 2.32. The Morgan fingerprint density at radius 1 is 1.19 bits per heavy atom. The largest absolute Gasteiger partial charge is 0.393 e. The van der Waals surface area contributed by atoms with Crippen LogP contribution in [0.25, 0.3) is 0 Å². The van der Waals surface area contributed by atoms with E-state index in [9.17, 15) is 19.8 Å². The number of Topliss-reactive ketones (excluding diaryl/α,β-unsaturated/α-hetero) is 2. The number of hydrogen-bond acceptors (Lipinski definition) is 4. The third-order valence-electron chi connectivity index (χ3n) is 9.06. The Labute approximate surface area is 164 Å². The van der Waals surface area contributed by atoms with Gasteiger partial charge < -0.3 is 10.2 Å². The molecule has 0 saturated heterocycles. The van der Waals surface area contributed by atoms with Crippen LogP contribution in [0.2, 0.25) is 0 Å². The lowest BCUT2D eigenvalue weighted by atomic mass is 9.44. The number of carbonyl (C=O) groups is 2. The maximum absolute atomic E-state index is 13.4.